The minimum atomic E-state index is -4.00. The Labute approximate surface area is 170 Å². The molecule has 0 atom stereocenters. The van der Waals surface area contributed by atoms with E-state index in [0.29, 0.717) is 27.3 Å². The van der Waals surface area contributed by atoms with Crippen molar-refractivity contribution in [3.05, 3.63) is 82.2 Å². The quantitative estimate of drug-likeness (QED) is 0.569. The number of rotatable bonds is 4. The van der Waals surface area contributed by atoms with Crippen molar-refractivity contribution >= 4 is 48.5 Å². The number of allylic oxidation sites excluding steroid dienone is 4. The highest BCUT2D eigenvalue weighted by Gasteiger charge is 2.30. The van der Waals surface area contributed by atoms with Gasteiger partial charge in [0, 0.05) is 21.4 Å². The Morgan fingerprint density at radius 1 is 1.22 bits per heavy atom. The molecule has 4 rings (SSSR count). The average Bonchev–Trinajstić information content (AvgIpc) is 3.07. The zero-order chi connectivity index (χ0) is 19.0. The largest absolute Gasteiger partial charge is 0.464 e. The summed E-state index contributed by atoms with van der Waals surface area (Å²) in [5.74, 6) is 0.403. The van der Waals surface area contributed by atoms with Gasteiger partial charge in [-0.2, -0.15) is 8.42 Å². The Bertz CT molecular complexity index is 1140. The molecule has 0 radical (unpaired) electrons. The fraction of sp³-hybridized carbons (Fsp3) is 0.158. The Kier molecular flexibility index (Phi) is 4.92. The predicted molar refractivity (Wildman–Crippen MR) is 109 cm³/mol. The standard InChI is InChI=1S/C19H15BrClNO4S/c20-10-16-9-14-8-15(21)6-7-17(14)22(16)27(23,24)19-12-25-11-18(26-19)13-4-2-1-3-5-13/h1-2,4,6-9,11-12H,3,5,10H2. The summed E-state index contributed by atoms with van der Waals surface area (Å²) in [5, 5.41) is 1.36. The van der Waals surface area contributed by atoms with Gasteiger partial charge in [-0.3, -0.25) is 0 Å². The lowest BCUT2D eigenvalue weighted by atomic mass is 10.0. The lowest BCUT2D eigenvalue weighted by molar-refractivity contribution is 0.248. The van der Waals surface area contributed by atoms with Crippen LogP contribution >= 0.6 is 27.5 Å². The van der Waals surface area contributed by atoms with E-state index in [1.54, 1.807) is 24.3 Å². The van der Waals surface area contributed by atoms with Crippen LogP contribution in [0.25, 0.3) is 10.9 Å². The van der Waals surface area contributed by atoms with Crippen LogP contribution in [0.4, 0.5) is 0 Å². The van der Waals surface area contributed by atoms with Crippen molar-refractivity contribution in [3.8, 4) is 0 Å². The van der Waals surface area contributed by atoms with E-state index >= 15 is 0 Å². The Balaban J connectivity index is 1.76. The molecule has 1 aliphatic carbocycles. The van der Waals surface area contributed by atoms with E-state index < -0.39 is 10.0 Å². The van der Waals surface area contributed by atoms with Gasteiger partial charge in [0.1, 0.15) is 12.5 Å². The maximum Gasteiger partial charge on any atom is 0.305 e. The molecule has 2 heterocycles. The molecule has 1 aliphatic heterocycles. The van der Waals surface area contributed by atoms with Crippen LogP contribution in [0.2, 0.25) is 5.02 Å². The maximum atomic E-state index is 13.3. The van der Waals surface area contributed by atoms with Crippen LogP contribution in [0.15, 0.2) is 71.4 Å². The summed E-state index contributed by atoms with van der Waals surface area (Å²) in [6.07, 6.45) is 10.0. The van der Waals surface area contributed by atoms with Gasteiger partial charge in [0.15, 0.2) is 5.76 Å². The summed E-state index contributed by atoms with van der Waals surface area (Å²) in [7, 11) is -4.00. The highest BCUT2D eigenvalue weighted by atomic mass is 79.9. The molecule has 0 bridgehead atoms. The second-order valence-electron chi connectivity index (χ2n) is 6.06. The summed E-state index contributed by atoms with van der Waals surface area (Å²) in [5.41, 5.74) is 1.98. The fourth-order valence-electron chi connectivity index (χ4n) is 3.06. The van der Waals surface area contributed by atoms with Crippen LogP contribution < -0.4 is 0 Å². The number of alkyl halides is 1. The van der Waals surface area contributed by atoms with Crippen molar-refractivity contribution in [2.75, 3.05) is 0 Å². The Hall–Kier alpha value is -1.96. The molecule has 0 amide bonds. The normalized spacial score (nSPS) is 17.0. The number of ether oxygens (including phenoxy) is 2. The van der Waals surface area contributed by atoms with E-state index in [4.69, 9.17) is 21.1 Å². The summed E-state index contributed by atoms with van der Waals surface area (Å²) in [4.78, 5) is 0. The number of fused-ring (bicyclic) bond motifs is 1. The predicted octanol–water partition coefficient (Wildman–Crippen LogP) is 5.33. The lowest BCUT2D eigenvalue weighted by Crippen LogP contribution is -2.20. The van der Waals surface area contributed by atoms with Gasteiger partial charge in [-0.05, 0) is 42.7 Å². The SMILES string of the molecule is O=S(=O)(C1=COC=C(C2=CC=CCC2)O1)n1c(CBr)cc2cc(Cl)ccc21. The van der Waals surface area contributed by atoms with E-state index in [0.717, 1.165) is 30.1 Å². The van der Waals surface area contributed by atoms with Crippen molar-refractivity contribution in [1.29, 1.82) is 0 Å². The first-order chi connectivity index (χ1) is 13.0. The fourth-order valence-corrected chi connectivity index (χ4v) is 5.22. The molecule has 2 aromatic rings. The van der Waals surface area contributed by atoms with Gasteiger partial charge < -0.3 is 9.47 Å². The highest BCUT2D eigenvalue weighted by Crippen LogP contribution is 2.33. The zero-order valence-corrected chi connectivity index (χ0v) is 17.2. The molecule has 140 valence electrons. The third-order valence-electron chi connectivity index (χ3n) is 4.30. The van der Waals surface area contributed by atoms with Crippen molar-refractivity contribution in [2.24, 2.45) is 0 Å². The van der Waals surface area contributed by atoms with Crippen LogP contribution in [0, 0.1) is 0 Å². The van der Waals surface area contributed by atoms with Crippen LogP contribution in [0.1, 0.15) is 18.5 Å². The molecule has 1 aromatic carbocycles. The molecular formula is C19H15BrClNO4S. The van der Waals surface area contributed by atoms with Gasteiger partial charge >= 0.3 is 10.0 Å². The second kappa shape index (κ2) is 7.22. The van der Waals surface area contributed by atoms with E-state index in [9.17, 15) is 8.42 Å². The number of hydrogen-bond acceptors (Lipinski definition) is 4. The smallest absolute Gasteiger partial charge is 0.305 e. The Morgan fingerprint density at radius 2 is 2.07 bits per heavy atom. The molecule has 0 spiro atoms. The third kappa shape index (κ3) is 3.35. The lowest BCUT2D eigenvalue weighted by Gasteiger charge is -2.20. The summed E-state index contributed by atoms with van der Waals surface area (Å²) in [6, 6.07) is 6.84. The van der Waals surface area contributed by atoms with Crippen molar-refractivity contribution in [2.45, 2.75) is 18.2 Å². The molecule has 5 nitrogen and oxygen atoms in total. The highest BCUT2D eigenvalue weighted by molar-refractivity contribution is 9.08. The van der Waals surface area contributed by atoms with Gasteiger partial charge in [0.2, 0.25) is 0 Å². The van der Waals surface area contributed by atoms with E-state index in [1.165, 1.54) is 10.2 Å². The van der Waals surface area contributed by atoms with Gasteiger partial charge in [-0.1, -0.05) is 45.8 Å². The molecular weight excluding hydrogens is 454 g/mol. The van der Waals surface area contributed by atoms with E-state index in [2.05, 4.69) is 15.9 Å². The van der Waals surface area contributed by atoms with Crippen molar-refractivity contribution in [1.82, 2.24) is 3.97 Å². The van der Waals surface area contributed by atoms with Crippen molar-refractivity contribution < 1.29 is 17.9 Å². The number of halogens is 2. The number of aromatic nitrogens is 1. The minimum absolute atomic E-state index is 0.259. The Morgan fingerprint density at radius 3 is 2.81 bits per heavy atom. The first-order valence-corrected chi connectivity index (χ1v) is 11.2. The monoisotopic (exact) mass is 467 g/mol. The molecule has 0 fully saturated rings. The van der Waals surface area contributed by atoms with Crippen LogP contribution in [0.3, 0.4) is 0 Å². The minimum Gasteiger partial charge on any atom is -0.464 e. The summed E-state index contributed by atoms with van der Waals surface area (Å²) < 4.78 is 38.9. The maximum absolute atomic E-state index is 13.3. The second-order valence-corrected chi connectivity index (χ2v) is 8.77. The molecule has 8 heteroatoms. The van der Waals surface area contributed by atoms with Gasteiger partial charge in [-0.25, -0.2) is 3.97 Å². The van der Waals surface area contributed by atoms with E-state index in [1.807, 2.05) is 18.2 Å². The van der Waals surface area contributed by atoms with Crippen molar-refractivity contribution in [3.63, 3.8) is 0 Å². The first kappa shape index (κ1) is 18.4. The first-order valence-electron chi connectivity index (χ1n) is 8.22. The number of nitrogens with zero attached hydrogens (tertiary/aromatic N) is 1. The molecule has 0 saturated heterocycles. The molecule has 0 N–H and O–H groups in total. The molecule has 0 saturated carbocycles. The average molecular weight is 469 g/mol. The summed E-state index contributed by atoms with van der Waals surface area (Å²) >= 11 is 9.40. The van der Waals surface area contributed by atoms with Gasteiger partial charge in [0.25, 0.3) is 5.09 Å². The zero-order valence-electron chi connectivity index (χ0n) is 14.1. The summed E-state index contributed by atoms with van der Waals surface area (Å²) in [6.45, 7) is 0. The number of benzene rings is 1. The topological polar surface area (TPSA) is 57.5 Å². The van der Waals surface area contributed by atoms with Gasteiger partial charge in [-0.15, -0.1) is 0 Å². The molecule has 27 heavy (non-hydrogen) atoms. The van der Waals surface area contributed by atoms with Crippen LogP contribution in [-0.2, 0) is 24.8 Å². The van der Waals surface area contributed by atoms with Crippen LogP contribution in [-0.4, -0.2) is 12.4 Å². The van der Waals surface area contributed by atoms with Gasteiger partial charge in [0.05, 0.1) is 5.52 Å². The number of hydrogen-bond donors (Lipinski definition) is 0. The third-order valence-corrected chi connectivity index (χ3v) is 6.71. The molecule has 2 aliphatic rings. The van der Waals surface area contributed by atoms with E-state index in [-0.39, 0.29) is 5.09 Å². The molecule has 1 aromatic heterocycles. The molecule has 0 unspecified atom stereocenters. The van der Waals surface area contributed by atoms with Crippen LogP contribution in [0.5, 0.6) is 0 Å².